The Balaban J connectivity index is 0.000000583. The van der Waals surface area contributed by atoms with E-state index in [1.165, 1.54) is 13.0 Å². The summed E-state index contributed by atoms with van der Waals surface area (Å²) in [5.41, 5.74) is 0.418. The third-order valence-electron chi connectivity index (χ3n) is 1.64. The molecule has 0 amide bonds. The Morgan fingerprint density at radius 3 is 2.33 bits per heavy atom. The average Bonchev–Trinajstić information content (AvgIpc) is 2.13. The molecule has 0 saturated carbocycles. The summed E-state index contributed by atoms with van der Waals surface area (Å²) in [6, 6.07) is 3.07. The second kappa shape index (κ2) is 6.62. The molecule has 0 spiro atoms. The van der Waals surface area contributed by atoms with Crippen LogP contribution in [0.15, 0.2) is 12.1 Å². The van der Waals surface area contributed by atoms with Crippen LogP contribution < -0.4 is 0 Å². The van der Waals surface area contributed by atoms with Crippen molar-refractivity contribution in [3.63, 3.8) is 0 Å². The first kappa shape index (κ1) is 14.2. The molecule has 1 nitrogen and oxygen atoms in total. The molecule has 15 heavy (non-hydrogen) atoms. The van der Waals surface area contributed by atoms with Crippen molar-refractivity contribution in [3.8, 4) is 0 Å². The molecule has 6 heteroatoms. The third kappa shape index (κ3) is 4.04. The molecule has 0 unspecified atom stereocenters. The van der Waals surface area contributed by atoms with Crippen LogP contribution in [-0.4, -0.2) is 21.0 Å². The topological polar surface area (TPSA) is 17.1 Å². The van der Waals surface area contributed by atoms with Crippen molar-refractivity contribution in [2.75, 3.05) is 0 Å². The number of carbonyl (C=O) groups is 1. The van der Waals surface area contributed by atoms with E-state index >= 15 is 0 Å². The smallest absolute Gasteiger partial charge is 0.290 e. The first-order chi connectivity index (χ1) is 6.95. The Labute approximate surface area is 94.5 Å². The molecule has 0 aliphatic rings. The van der Waals surface area contributed by atoms with Gasteiger partial charge in [-0.15, -0.1) is 0 Å². The van der Waals surface area contributed by atoms with Crippen LogP contribution >= 0.6 is 11.6 Å². The highest BCUT2D eigenvalue weighted by Crippen LogP contribution is 2.21. The van der Waals surface area contributed by atoms with Gasteiger partial charge in [0, 0.05) is 0 Å². The lowest BCUT2D eigenvalue weighted by Gasteiger charge is -2.03. The van der Waals surface area contributed by atoms with Gasteiger partial charge in [-0.25, -0.2) is 4.39 Å². The SMILES string of the molecule is CC(=O)c1c(Cl)ccc(C)c1F.[B][B]F. The predicted molar refractivity (Wildman–Crippen MR) is 58.8 cm³/mol. The summed E-state index contributed by atoms with van der Waals surface area (Å²) >= 11 is 5.64. The van der Waals surface area contributed by atoms with Gasteiger partial charge in [-0.1, -0.05) is 17.7 Å². The van der Waals surface area contributed by atoms with Crippen LogP contribution in [0.25, 0.3) is 0 Å². The fourth-order valence-electron chi connectivity index (χ4n) is 0.979. The zero-order valence-corrected chi connectivity index (χ0v) is 9.11. The molecule has 1 aromatic carbocycles. The van der Waals surface area contributed by atoms with Gasteiger partial charge < -0.3 is 4.32 Å². The molecule has 0 aliphatic carbocycles. The maximum absolute atomic E-state index is 13.2. The summed E-state index contributed by atoms with van der Waals surface area (Å²) in [6.07, 6.45) is 0. The summed E-state index contributed by atoms with van der Waals surface area (Å²) < 4.78 is 23.2. The standard InChI is InChI=1S/C9H8ClFO.B2F/c1-5-3-4-7(10)8(6(2)12)9(5)11;1-2-3/h3-4H,1-2H3;. The lowest BCUT2D eigenvalue weighted by Crippen LogP contribution is -2.00. The van der Waals surface area contributed by atoms with Crippen LogP contribution in [0.1, 0.15) is 22.8 Å². The highest BCUT2D eigenvalue weighted by atomic mass is 35.5. The predicted octanol–water partition coefficient (Wildman–Crippen LogP) is 2.65. The van der Waals surface area contributed by atoms with E-state index in [1.54, 1.807) is 13.0 Å². The highest BCUT2D eigenvalue weighted by Gasteiger charge is 2.13. The molecule has 3 radical (unpaired) electrons. The van der Waals surface area contributed by atoms with E-state index in [0.29, 0.717) is 5.56 Å². The van der Waals surface area contributed by atoms with Crippen molar-refractivity contribution < 1.29 is 13.5 Å². The van der Waals surface area contributed by atoms with Gasteiger partial charge in [-0.3, -0.25) is 4.79 Å². The molecule has 0 saturated heterocycles. The monoisotopic (exact) mass is 227 g/mol. The van der Waals surface area contributed by atoms with Gasteiger partial charge in [-0.2, -0.15) is 0 Å². The summed E-state index contributed by atoms with van der Waals surface area (Å²) in [7, 11) is 4.06. The molecule has 77 valence electrons. The second-order valence-electron chi connectivity index (χ2n) is 2.74. The van der Waals surface area contributed by atoms with Crippen molar-refractivity contribution in [2.24, 2.45) is 0 Å². The fourth-order valence-corrected chi connectivity index (χ4v) is 1.26. The van der Waals surface area contributed by atoms with Crippen molar-refractivity contribution in [1.29, 1.82) is 0 Å². The molecule has 1 rings (SSSR count). The van der Waals surface area contributed by atoms with Crippen LogP contribution in [0.4, 0.5) is 8.71 Å². The number of benzene rings is 1. The maximum Gasteiger partial charge on any atom is 0.290 e. The van der Waals surface area contributed by atoms with E-state index < -0.39 is 5.82 Å². The van der Waals surface area contributed by atoms with Crippen molar-refractivity contribution in [2.45, 2.75) is 13.8 Å². The Hall–Kier alpha value is -0.830. The van der Waals surface area contributed by atoms with E-state index in [0.717, 1.165) is 0 Å². The summed E-state index contributed by atoms with van der Waals surface area (Å²) in [4.78, 5) is 10.9. The normalized spacial score (nSPS) is 8.87. The van der Waals surface area contributed by atoms with Crippen molar-refractivity contribution in [1.82, 2.24) is 0 Å². The Bertz CT molecular complexity index is 358. The molecule has 0 heterocycles. The molecule has 0 N–H and O–H groups in total. The van der Waals surface area contributed by atoms with E-state index in [1.807, 2.05) is 0 Å². The first-order valence-corrected chi connectivity index (χ1v) is 4.42. The van der Waals surface area contributed by atoms with E-state index in [9.17, 15) is 13.5 Å². The fraction of sp³-hybridized carbons (Fsp3) is 0.222. The Morgan fingerprint density at radius 2 is 2.00 bits per heavy atom. The number of hydrogen-bond donors (Lipinski definition) is 0. The molecular formula is C9H8B2ClF2O. The minimum absolute atomic E-state index is 0. The number of rotatable bonds is 1. The Morgan fingerprint density at radius 1 is 1.53 bits per heavy atom. The number of hydrogen-bond acceptors (Lipinski definition) is 1. The van der Waals surface area contributed by atoms with Gasteiger partial charge in [0.15, 0.2) is 5.78 Å². The van der Waals surface area contributed by atoms with Crippen LogP contribution in [0.2, 0.25) is 5.02 Å². The van der Waals surface area contributed by atoms with Gasteiger partial charge in [0.05, 0.1) is 18.3 Å². The lowest BCUT2D eigenvalue weighted by atomic mass is 9.76. The third-order valence-corrected chi connectivity index (χ3v) is 1.95. The molecule has 1 aromatic rings. The first-order valence-electron chi connectivity index (χ1n) is 4.04. The summed E-state index contributed by atoms with van der Waals surface area (Å²) in [5, 5.41) is 0.172. The van der Waals surface area contributed by atoms with Crippen LogP contribution in [0, 0.1) is 12.7 Å². The number of aryl methyl sites for hydroxylation is 1. The Kier molecular flexibility index (Phi) is 6.25. The second-order valence-corrected chi connectivity index (χ2v) is 3.14. The number of Topliss-reactive ketones (excluding diaryl/α,β-unsaturated/α-hetero) is 1. The summed E-state index contributed by atoms with van der Waals surface area (Å²) in [6.45, 7) is 2.89. The van der Waals surface area contributed by atoms with E-state index in [4.69, 9.17) is 11.6 Å². The van der Waals surface area contributed by atoms with Gasteiger partial charge in [0.25, 0.3) is 7.45 Å². The molecule has 0 aromatic heterocycles. The van der Waals surface area contributed by atoms with Crippen LogP contribution in [-0.2, 0) is 0 Å². The lowest BCUT2D eigenvalue weighted by molar-refractivity contribution is 0.101. The van der Waals surface area contributed by atoms with Gasteiger partial charge in [0.2, 0.25) is 0 Å². The van der Waals surface area contributed by atoms with Crippen LogP contribution in [0.3, 0.4) is 0 Å². The van der Waals surface area contributed by atoms with Gasteiger partial charge in [-0.05, 0) is 25.5 Å². The minimum Gasteiger partial charge on any atom is -0.356 e. The minimum atomic E-state index is -0.519. The van der Waals surface area contributed by atoms with Gasteiger partial charge >= 0.3 is 0 Å². The number of halogens is 3. The zero-order valence-electron chi connectivity index (χ0n) is 8.35. The summed E-state index contributed by atoms with van der Waals surface area (Å²) in [5.74, 6) is -0.865. The molecule has 0 fully saturated rings. The van der Waals surface area contributed by atoms with Crippen LogP contribution in [0.5, 0.6) is 0 Å². The molecule has 0 atom stereocenters. The largest absolute Gasteiger partial charge is 0.356 e. The quantitative estimate of drug-likeness (QED) is 0.532. The average molecular weight is 227 g/mol. The highest BCUT2D eigenvalue weighted by molar-refractivity contribution is 6.85. The molecule has 0 aliphatic heterocycles. The van der Waals surface area contributed by atoms with Crippen molar-refractivity contribution >= 4 is 32.6 Å². The van der Waals surface area contributed by atoms with E-state index in [-0.39, 0.29) is 23.8 Å². The van der Waals surface area contributed by atoms with Crippen molar-refractivity contribution in [3.05, 3.63) is 34.1 Å². The zero-order chi connectivity index (χ0) is 12.0. The molecule has 0 bridgehead atoms. The maximum atomic E-state index is 13.2. The number of carbonyl (C=O) groups excluding carboxylic acids is 1. The number of ketones is 1. The van der Waals surface area contributed by atoms with Gasteiger partial charge in [0.1, 0.15) is 5.82 Å². The van der Waals surface area contributed by atoms with E-state index in [2.05, 4.69) is 7.74 Å². The molecular weight excluding hydrogens is 219 g/mol.